The number of benzene rings is 2. The minimum Gasteiger partial charge on any atom is -0.366 e. The Hall–Kier alpha value is -2.87. The van der Waals surface area contributed by atoms with Gasteiger partial charge in [-0.25, -0.2) is 0 Å². The number of nitro benzene ring substituents is 1. The number of thioether (sulfide) groups is 1. The molecule has 1 aliphatic carbocycles. The quantitative estimate of drug-likeness (QED) is 0.450. The van der Waals surface area contributed by atoms with E-state index in [2.05, 4.69) is 11.4 Å². The number of carbonyl (C=O) groups is 2. The lowest BCUT2D eigenvalue weighted by Gasteiger charge is -2.19. The van der Waals surface area contributed by atoms with E-state index in [1.54, 1.807) is 0 Å². The standard InChI is InChI=1S/C19H19N3O4S/c20-19(24)13-8-9-17(16(10-13)22(25)26)27-11-18(23)21-15-7-3-5-12-4-1-2-6-14(12)15/h3,5,7-10H,1-2,4,6,11H2,(H2,20,24)(H,21,23). The third-order valence-electron chi connectivity index (χ3n) is 4.47. The van der Waals surface area contributed by atoms with E-state index in [0.717, 1.165) is 49.2 Å². The summed E-state index contributed by atoms with van der Waals surface area (Å²) in [6, 6.07) is 9.90. The minimum atomic E-state index is -0.735. The van der Waals surface area contributed by atoms with Gasteiger partial charge in [0, 0.05) is 17.3 Å². The topological polar surface area (TPSA) is 115 Å². The molecule has 0 fully saturated rings. The van der Waals surface area contributed by atoms with Gasteiger partial charge in [0.05, 0.1) is 15.6 Å². The Morgan fingerprint density at radius 1 is 1.19 bits per heavy atom. The number of primary amides is 1. The molecule has 0 radical (unpaired) electrons. The second kappa shape index (κ2) is 8.22. The van der Waals surface area contributed by atoms with E-state index >= 15 is 0 Å². The molecule has 0 spiro atoms. The minimum absolute atomic E-state index is 0.0282. The van der Waals surface area contributed by atoms with Crippen LogP contribution in [0.3, 0.4) is 0 Å². The van der Waals surface area contributed by atoms with E-state index in [1.807, 2.05) is 12.1 Å². The molecule has 2 aromatic carbocycles. The Bertz CT molecular complexity index is 914. The fourth-order valence-electron chi connectivity index (χ4n) is 3.16. The van der Waals surface area contributed by atoms with Gasteiger partial charge in [-0.1, -0.05) is 12.1 Å². The molecule has 140 valence electrons. The van der Waals surface area contributed by atoms with Gasteiger partial charge in [-0.2, -0.15) is 0 Å². The summed E-state index contributed by atoms with van der Waals surface area (Å²) in [7, 11) is 0. The molecule has 8 heteroatoms. The molecule has 27 heavy (non-hydrogen) atoms. The highest BCUT2D eigenvalue weighted by Gasteiger charge is 2.19. The number of hydrogen-bond donors (Lipinski definition) is 2. The van der Waals surface area contributed by atoms with Crippen LogP contribution in [0.4, 0.5) is 11.4 Å². The van der Waals surface area contributed by atoms with E-state index in [9.17, 15) is 19.7 Å². The van der Waals surface area contributed by atoms with Crippen LogP contribution in [0.5, 0.6) is 0 Å². The Kier molecular flexibility index (Phi) is 5.75. The number of nitro groups is 1. The number of fused-ring (bicyclic) bond motifs is 1. The number of aryl methyl sites for hydroxylation is 1. The van der Waals surface area contributed by atoms with Crippen LogP contribution >= 0.6 is 11.8 Å². The normalized spacial score (nSPS) is 12.9. The molecule has 0 aromatic heterocycles. The first kappa shape index (κ1) is 18.9. The molecule has 0 heterocycles. The molecule has 3 rings (SSSR count). The molecule has 0 saturated carbocycles. The zero-order chi connectivity index (χ0) is 19.4. The van der Waals surface area contributed by atoms with Gasteiger partial charge in [-0.3, -0.25) is 19.7 Å². The molecule has 2 amide bonds. The summed E-state index contributed by atoms with van der Waals surface area (Å²) in [5.74, 6) is -0.936. The Morgan fingerprint density at radius 2 is 1.96 bits per heavy atom. The summed E-state index contributed by atoms with van der Waals surface area (Å²) in [6.07, 6.45) is 4.23. The Labute approximate surface area is 160 Å². The van der Waals surface area contributed by atoms with Gasteiger partial charge in [0.1, 0.15) is 0 Å². The molecular formula is C19H19N3O4S. The largest absolute Gasteiger partial charge is 0.366 e. The second-order valence-electron chi connectivity index (χ2n) is 6.29. The van der Waals surface area contributed by atoms with Crippen molar-refractivity contribution in [2.75, 3.05) is 11.1 Å². The molecule has 3 N–H and O–H groups in total. The first-order valence-corrected chi connectivity index (χ1v) is 9.56. The first-order chi connectivity index (χ1) is 13.0. The number of rotatable bonds is 6. The number of carbonyl (C=O) groups excluding carboxylic acids is 2. The number of nitrogens with zero attached hydrogens (tertiary/aromatic N) is 1. The second-order valence-corrected chi connectivity index (χ2v) is 7.31. The average Bonchev–Trinajstić information content (AvgIpc) is 2.66. The summed E-state index contributed by atoms with van der Waals surface area (Å²) in [5.41, 5.74) is 8.25. The number of nitrogens with one attached hydrogen (secondary N) is 1. The summed E-state index contributed by atoms with van der Waals surface area (Å²) in [5, 5.41) is 14.1. The van der Waals surface area contributed by atoms with Gasteiger partial charge in [0.2, 0.25) is 11.8 Å². The molecule has 7 nitrogen and oxygen atoms in total. The van der Waals surface area contributed by atoms with Gasteiger partial charge in [0.25, 0.3) is 5.69 Å². The van der Waals surface area contributed by atoms with Gasteiger partial charge in [0.15, 0.2) is 0 Å². The molecule has 0 aliphatic heterocycles. The smallest absolute Gasteiger partial charge is 0.283 e. The Morgan fingerprint density at radius 3 is 2.70 bits per heavy atom. The molecule has 0 unspecified atom stereocenters. The highest BCUT2D eigenvalue weighted by molar-refractivity contribution is 8.00. The zero-order valence-corrected chi connectivity index (χ0v) is 15.4. The van der Waals surface area contributed by atoms with Crippen LogP contribution in [0.25, 0.3) is 0 Å². The van der Waals surface area contributed by atoms with Gasteiger partial charge < -0.3 is 11.1 Å². The van der Waals surface area contributed by atoms with Crippen molar-refractivity contribution in [3.8, 4) is 0 Å². The van der Waals surface area contributed by atoms with Crippen LogP contribution in [0.1, 0.15) is 34.3 Å². The highest BCUT2D eigenvalue weighted by Crippen LogP contribution is 2.31. The van der Waals surface area contributed by atoms with Crippen molar-refractivity contribution < 1.29 is 14.5 Å². The van der Waals surface area contributed by atoms with Crippen molar-refractivity contribution in [3.63, 3.8) is 0 Å². The molecule has 0 atom stereocenters. The highest BCUT2D eigenvalue weighted by atomic mass is 32.2. The third kappa shape index (κ3) is 4.46. The lowest BCUT2D eigenvalue weighted by atomic mass is 9.90. The van der Waals surface area contributed by atoms with Crippen molar-refractivity contribution in [1.29, 1.82) is 0 Å². The van der Waals surface area contributed by atoms with Crippen LogP contribution in [0.2, 0.25) is 0 Å². The fraction of sp³-hybridized carbons (Fsp3) is 0.263. The van der Waals surface area contributed by atoms with Crippen molar-refractivity contribution in [2.24, 2.45) is 5.73 Å². The van der Waals surface area contributed by atoms with Gasteiger partial charge in [-0.15, -0.1) is 11.8 Å². The zero-order valence-electron chi connectivity index (χ0n) is 14.6. The molecular weight excluding hydrogens is 366 g/mol. The van der Waals surface area contributed by atoms with Crippen LogP contribution in [-0.4, -0.2) is 22.5 Å². The Balaban J connectivity index is 1.70. The summed E-state index contributed by atoms with van der Waals surface area (Å²) in [4.78, 5) is 34.5. The molecule has 2 aromatic rings. The predicted octanol–water partition coefficient (Wildman–Crippen LogP) is 3.30. The number of nitrogens with two attached hydrogens (primary N) is 1. The number of anilines is 1. The van der Waals surface area contributed by atoms with E-state index in [4.69, 9.17) is 5.73 Å². The lowest BCUT2D eigenvalue weighted by molar-refractivity contribution is -0.387. The van der Waals surface area contributed by atoms with E-state index in [-0.39, 0.29) is 22.9 Å². The van der Waals surface area contributed by atoms with E-state index in [1.165, 1.54) is 23.3 Å². The molecule has 0 saturated heterocycles. The van der Waals surface area contributed by atoms with E-state index < -0.39 is 10.8 Å². The lowest BCUT2D eigenvalue weighted by Crippen LogP contribution is -2.17. The maximum atomic E-state index is 12.4. The van der Waals surface area contributed by atoms with Crippen molar-refractivity contribution >= 4 is 35.0 Å². The van der Waals surface area contributed by atoms with Crippen molar-refractivity contribution in [2.45, 2.75) is 30.6 Å². The van der Waals surface area contributed by atoms with Crippen LogP contribution in [-0.2, 0) is 17.6 Å². The molecule has 0 bridgehead atoms. The van der Waals surface area contributed by atoms with Gasteiger partial charge >= 0.3 is 0 Å². The van der Waals surface area contributed by atoms with Gasteiger partial charge in [-0.05, 0) is 55.0 Å². The van der Waals surface area contributed by atoms with E-state index in [0.29, 0.717) is 4.90 Å². The number of amides is 2. The molecule has 1 aliphatic rings. The summed E-state index contributed by atoms with van der Waals surface area (Å²) in [6.45, 7) is 0. The van der Waals surface area contributed by atoms with Crippen molar-refractivity contribution in [3.05, 3.63) is 63.2 Å². The first-order valence-electron chi connectivity index (χ1n) is 8.57. The summed E-state index contributed by atoms with van der Waals surface area (Å²) >= 11 is 1.05. The number of hydrogen-bond acceptors (Lipinski definition) is 5. The average molecular weight is 385 g/mol. The van der Waals surface area contributed by atoms with Crippen LogP contribution in [0, 0.1) is 10.1 Å². The van der Waals surface area contributed by atoms with Crippen LogP contribution in [0.15, 0.2) is 41.3 Å². The SMILES string of the molecule is NC(=O)c1ccc(SCC(=O)Nc2cccc3c2CCCC3)c([N+](=O)[O-])c1. The maximum absolute atomic E-state index is 12.4. The van der Waals surface area contributed by atoms with Crippen molar-refractivity contribution in [1.82, 2.24) is 0 Å². The fourth-order valence-corrected chi connectivity index (χ4v) is 3.97. The third-order valence-corrected chi connectivity index (χ3v) is 5.53. The monoisotopic (exact) mass is 385 g/mol. The summed E-state index contributed by atoms with van der Waals surface area (Å²) < 4.78 is 0. The predicted molar refractivity (Wildman–Crippen MR) is 104 cm³/mol. The van der Waals surface area contributed by atoms with Crippen LogP contribution < -0.4 is 11.1 Å². The maximum Gasteiger partial charge on any atom is 0.283 e.